The van der Waals surface area contributed by atoms with E-state index in [0.29, 0.717) is 0 Å². The zero-order chi connectivity index (χ0) is 14.2. The molecular formula is C14H13ClN4OS. The molecule has 0 unspecified atom stereocenters. The average molecular weight is 321 g/mol. The third-order valence-corrected chi connectivity index (χ3v) is 5.00. The second-order valence-corrected chi connectivity index (χ2v) is 6.14. The lowest BCUT2D eigenvalue weighted by atomic mass is 10.2. The summed E-state index contributed by atoms with van der Waals surface area (Å²) in [6.07, 6.45) is 3.56. The second-order valence-electron chi connectivity index (χ2n) is 4.82. The van der Waals surface area contributed by atoms with Crippen LogP contribution in [0.25, 0.3) is 21.5 Å². The molecule has 7 heteroatoms. The number of anilines is 1. The zero-order valence-electron chi connectivity index (χ0n) is 11.2. The number of rotatable bonds is 2. The van der Waals surface area contributed by atoms with E-state index in [1.54, 1.807) is 17.7 Å². The molecule has 0 bridgehead atoms. The minimum absolute atomic E-state index is 0.727. The predicted octanol–water partition coefficient (Wildman–Crippen LogP) is 3.18. The van der Waals surface area contributed by atoms with Crippen LogP contribution in [0.2, 0.25) is 5.02 Å². The largest absolute Gasteiger partial charge is 0.378 e. The van der Waals surface area contributed by atoms with Gasteiger partial charge >= 0.3 is 0 Å². The number of hydrogen-bond donors (Lipinski definition) is 1. The molecule has 21 heavy (non-hydrogen) atoms. The van der Waals surface area contributed by atoms with Crippen LogP contribution in [0.1, 0.15) is 0 Å². The van der Waals surface area contributed by atoms with E-state index in [0.717, 1.165) is 58.6 Å². The molecule has 4 heterocycles. The minimum atomic E-state index is 0.727. The molecule has 5 nitrogen and oxygen atoms in total. The first-order valence-corrected chi connectivity index (χ1v) is 7.98. The summed E-state index contributed by atoms with van der Waals surface area (Å²) in [6.45, 7) is 3.14. The van der Waals surface area contributed by atoms with Crippen molar-refractivity contribution in [2.45, 2.75) is 0 Å². The van der Waals surface area contributed by atoms with Crippen molar-refractivity contribution in [1.82, 2.24) is 15.0 Å². The van der Waals surface area contributed by atoms with Crippen molar-refractivity contribution in [3.05, 3.63) is 29.0 Å². The van der Waals surface area contributed by atoms with Gasteiger partial charge < -0.3 is 14.6 Å². The fourth-order valence-electron chi connectivity index (χ4n) is 2.63. The van der Waals surface area contributed by atoms with E-state index in [9.17, 15) is 0 Å². The van der Waals surface area contributed by atoms with Crippen LogP contribution in [0, 0.1) is 0 Å². The summed E-state index contributed by atoms with van der Waals surface area (Å²) < 4.78 is 5.42. The number of fused-ring (bicyclic) bond motifs is 1. The van der Waals surface area contributed by atoms with E-state index in [4.69, 9.17) is 16.3 Å². The third-order valence-electron chi connectivity index (χ3n) is 3.62. The lowest BCUT2D eigenvalue weighted by Gasteiger charge is -2.28. The maximum absolute atomic E-state index is 6.29. The number of nitrogens with one attached hydrogen (secondary N) is 1. The van der Waals surface area contributed by atoms with Gasteiger partial charge in [-0.2, -0.15) is 0 Å². The summed E-state index contributed by atoms with van der Waals surface area (Å²) in [6, 6.07) is 1.92. The molecule has 1 saturated heterocycles. The smallest absolute Gasteiger partial charge is 0.143 e. The molecule has 0 aliphatic carbocycles. The van der Waals surface area contributed by atoms with E-state index in [1.807, 2.05) is 17.6 Å². The topological polar surface area (TPSA) is 54.0 Å². The Kier molecular flexibility index (Phi) is 3.29. The standard InChI is InChI=1S/C14H13ClN4OS/c15-10-1-6-21-12(10)9-7-16-13-11(9)14(18-8-17-13)19-2-4-20-5-3-19/h1,6-8H,2-5H2,(H,16,17,18). The van der Waals surface area contributed by atoms with Gasteiger partial charge in [-0.1, -0.05) is 11.6 Å². The van der Waals surface area contributed by atoms with Crippen LogP contribution in [0.5, 0.6) is 0 Å². The number of ether oxygens (including phenoxy) is 1. The molecule has 3 aromatic rings. The van der Waals surface area contributed by atoms with Crippen LogP contribution < -0.4 is 4.90 Å². The Morgan fingerprint density at radius 3 is 2.90 bits per heavy atom. The lowest BCUT2D eigenvalue weighted by molar-refractivity contribution is 0.122. The van der Waals surface area contributed by atoms with Crippen molar-refractivity contribution < 1.29 is 4.74 Å². The van der Waals surface area contributed by atoms with Crippen molar-refractivity contribution in [3.8, 4) is 10.4 Å². The van der Waals surface area contributed by atoms with E-state index in [2.05, 4.69) is 19.9 Å². The monoisotopic (exact) mass is 320 g/mol. The maximum Gasteiger partial charge on any atom is 0.143 e. The molecule has 1 fully saturated rings. The Morgan fingerprint density at radius 1 is 1.29 bits per heavy atom. The summed E-state index contributed by atoms with van der Waals surface area (Å²) in [5.41, 5.74) is 1.90. The Balaban J connectivity index is 1.91. The second kappa shape index (κ2) is 5.29. The highest BCUT2D eigenvalue weighted by Crippen LogP contribution is 2.40. The summed E-state index contributed by atoms with van der Waals surface area (Å²) in [7, 11) is 0. The first kappa shape index (κ1) is 13.1. The predicted molar refractivity (Wildman–Crippen MR) is 85.2 cm³/mol. The van der Waals surface area contributed by atoms with Crippen molar-refractivity contribution in [2.75, 3.05) is 31.2 Å². The van der Waals surface area contributed by atoms with Gasteiger partial charge in [0.15, 0.2) is 0 Å². The van der Waals surface area contributed by atoms with E-state index < -0.39 is 0 Å². The molecule has 0 aromatic carbocycles. The Hall–Kier alpha value is -1.63. The summed E-state index contributed by atoms with van der Waals surface area (Å²) >= 11 is 7.92. The van der Waals surface area contributed by atoms with Crippen molar-refractivity contribution >= 4 is 39.8 Å². The van der Waals surface area contributed by atoms with Crippen LogP contribution in [0.4, 0.5) is 5.82 Å². The Bertz CT molecular complexity index is 778. The quantitative estimate of drug-likeness (QED) is 0.788. The normalized spacial score (nSPS) is 15.8. The molecule has 3 aromatic heterocycles. The molecule has 0 spiro atoms. The first-order chi connectivity index (χ1) is 10.3. The molecule has 0 saturated carbocycles. The van der Waals surface area contributed by atoms with Gasteiger partial charge in [-0.05, 0) is 11.4 Å². The fraction of sp³-hybridized carbons (Fsp3) is 0.286. The number of hydrogen-bond acceptors (Lipinski definition) is 5. The first-order valence-electron chi connectivity index (χ1n) is 6.73. The number of nitrogens with zero attached hydrogens (tertiary/aromatic N) is 3. The zero-order valence-corrected chi connectivity index (χ0v) is 12.7. The van der Waals surface area contributed by atoms with Crippen LogP contribution in [0.3, 0.4) is 0 Å². The van der Waals surface area contributed by atoms with Crippen molar-refractivity contribution in [3.63, 3.8) is 0 Å². The summed E-state index contributed by atoms with van der Waals surface area (Å²) in [4.78, 5) is 15.4. The Morgan fingerprint density at radius 2 is 2.14 bits per heavy atom. The van der Waals surface area contributed by atoms with Gasteiger partial charge in [0.2, 0.25) is 0 Å². The SMILES string of the molecule is Clc1ccsc1-c1c[nH]c2ncnc(N3CCOCC3)c12. The van der Waals surface area contributed by atoms with Crippen molar-refractivity contribution in [1.29, 1.82) is 0 Å². The fourth-order valence-corrected chi connectivity index (χ4v) is 3.81. The molecule has 0 radical (unpaired) electrons. The average Bonchev–Trinajstić information content (AvgIpc) is 3.13. The number of halogens is 1. The van der Waals surface area contributed by atoms with E-state index >= 15 is 0 Å². The highest BCUT2D eigenvalue weighted by molar-refractivity contribution is 7.14. The highest BCUT2D eigenvalue weighted by Gasteiger charge is 2.20. The van der Waals surface area contributed by atoms with Gasteiger partial charge in [-0.25, -0.2) is 9.97 Å². The minimum Gasteiger partial charge on any atom is -0.378 e. The highest BCUT2D eigenvalue weighted by atomic mass is 35.5. The number of morpholine rings is 1. The molecule has 4 rings (SSSR count). The molecule has 108 valence electrons. The van der Waals surface area contributed by atoms with Crippen LogP contribution >= 0.6 is 22.9 Å². The number of aromatic nitrogens is 3. The van der Waals surface area contributed by atoms with Gasteiger partial charge in [0.1, 0.15) is 17.8 Å². The lowest BCUT2D eigenvalue weighted by Crippen LogP contribution is -2.36. The van der Waals surface area contributed by atoms with Gasteiger partial charge in [0.05, 0.1) is 28.5 Å². The van der Waals surface area contributed by atoms with E-state index in [1.165, 1.54) is 0 Å². The van der Waals surface area contributed by atoms with Gasteiger partial charge in [0, 0.05) is 24.8 Å². The Labute approximate surface area is 130 Å². The molecular weight excluding hydrogens is 308 g/mol. The number of aromatic amines is 1. The van der Waals surface area contributed by atoms with Gasteiger partial charge in [0.25, 0.3) is 0 Å². The van der Waals surface area contributed by atoms with Crippen LogP contribution in [0.15, 0.2) is 24.0 Å². The molecule has 0 amide bonds. The molecule has 0 atom stereocenters. The third kappa shape index (κ3) is 2.19. The molecule has 1 aliphatic heterocycles. The van der Waals surface area contributed by atoms with E-state index in [-0.39, 0.29) is 0 Å². The van der Waals surface area contributed by atoms with Crippen LogP contribution in [-0.4, -0.2) is 41.3 Å². The van der Waals surface area contributed by atoms with Gasteiger partial charge in [-0.15, -0.1) is 11.3 Å². The van der Waals surface area contributed by atoms with Gasteiger partial charge in [-0.3, -0.25) is 0 Å². The maximum atomic E-state index is 6.29. The number of H-pyrrole nitrogens is 1. The molecule has 1 N–H and O–H groups in total. The van der Waals surface area contributed by atoms with Crippen molar-refractivity contribution in [2.24, 2.45) is 0 Å². The summed E-state index contributed by atoms with van der Waals surface area (Å²) in [5.74, 6) is 0.948. The van der Waals surface area contributed by atoms with Crippen LogP contribution in [-0.2, 0) is 4.74 Å². The molecule has 1 aliphatic rings. The number of thiophene rings is 1. The summed E-state index contributed by atoms with van der Waals surface area (Å²) in [5, 5.41) is 3.79.